The fourth-order valence-electron chi connectivity index (χ4n) is 3.99. The van der Waals surface area contributed by atoms with Gasteiger partial charge in [0.15, 0.2) is 17.5 Å². The minimum absolute atomic E-state index is 0.238. The zero-order valence-corrected chi connectivity index (χ0v) is 12.8. The first-order chi connectivity index (χ1) is 10.5. The van der Waals surface area contributed by atoms with Gasteiger partial charge in [-0.15, -0.1) is 0 Å². The lowest BCUT2D eigenvalue weighted by atomic mass is 9.86. The van der Waals surface area contributed by atoms with E-state index in [2.05, 4.69) is 29.0 Å². The topological polar surface area (TPSA) is 60.4 Å². The molecule has 22 heavy (non-hydrogen) atoms. The van der Waals surface area contributed by atoms with Gasteiger partial charge in [0.05, 0.1) is 0 Å². The lowest BCUT2D eigenvalue weighted by Crippen LogP contribution is -2.33. The van der Waals surface area contributed by atoms with Gasteiger partial charge in [-0.05, 0) is 50.4 Å². The molecule has 4 nitrogen and oxygen atoms in total. The summed E-state index contributed by atoms with van der Waals surface area (Å²) in [4.78, 5) is 32.8. The third-order valence-corrected chi connectivity index (χ3v) is 4.99. The minimum atomic E-state index is -1.24. The number of carbonyl (C=O) groups excluding carboxylic acids is 3. The molecular formula is C18H20O4. The maximum atomic E-state index is 11.1. The van der Waals surface area contributed by atoms with Crippen molar-refractivity contribution in [2.75, 3.05) is 0 Å². The minimum Gasteiger partial charge on any atom is -0.430 e. The van der Waals surface area contributed by atoms with E-state index in [1.54, 1.807) is 0 Å². The molecule has 0 N–H and O–H groups in total. The van der Waals surface area contributed by atoms with Crippen LogP contribution in [-0.2, 0) is 19.1 Å². The Morgan fingerprint density at radius 3 is 2.55 bits per heavy atom. The first-order valence-corrected chi connectivity index (χ1v) is 7.76. The molecule has 4 heteroatoms. The number of fused-ring (bicyclic) bond motifs is 5. The number of carbonyl (C=O) groups is 3. The molecule has 0 amide bonds. The van der Waals surface area contributed by atoms with E-state index in [0.717, 1.165) is 29.7 Å². The van der Waals surface area contributed by atoms with Crippen molar-refractivity contribution in [3.8, 4) is 0 Å². The third kappa shape index (κ3) is 2.58. The normalized spacial score (nSPS) is 37.4. The fraction of sp³-hybridized carbons (Fsp3) is 0.500. The predicted molar refractivity (Wildman–Crippen MR) is 80.5 cm³/mol. The Morgan fingerprint density at radius 2 is 1.91 bits per heavy atom. The summed E-state index contributed by atoms with van der Waals surface area (Å²) in [7, 11) is 0. The van der Waals surface area contributed by atoms with Gasteiger partial charge in [-0.2, -0.15) is 0 Å². The first kappa shape index (κ1) is 14.9. The van der Waals surface area contributed by atoms with Gasteiger partial charge in [0.1, 0.15) is 5.76 Å². The van der Waals surface area contributed by atoms with Crippen LogP contribution in [0.3, 0.4) is 0 Å². The molecule has 3 aliphatic carbocycles. The lowest BCUT2D eigenvalue weighted by Gasteiger charge is -2.18. The number of rotatable bonds is 1. The summed E-state index contributed by atoms with van der Waals surface area (Å²) >= 11 is 0. The summed E-state index contributed by atoms with van der Waals surface area (Å²) in [6.07, 6.45) is 13.7. The van der Waals surface area contributed by atoms with Crippen molar-refractivity contribution >= 4 is 17.5 Å². The molecule has 1 saturated carbocycles. The maximum absolute atomic E-state index is 11.1. The highest BCUT2D eigenvalue weighted by molar-refractivity contribution is 6.21. The standard InChI is InChI=1S/C10H12.C8H8O4/c1-2-9-7-4-5-8(6-7)10(9)3-1;1-4-3-6(10)7(5(2)9)8(11)12-4/h1-2,4-5,7-10H,3,6H2;3,7H,1-2H3. The van der Waals surface area contributed by atoms with Gasteiger partial charge in [0.25, 0.3) is 0 Å². The zero-order valence-electron chi connectivity index (χ0n) is 12.8. The van der Waals surface area contributed by atoms with Crippen LogP contribution in [0.15, 0.2) is 36.1 Å². The van der Waals surface area contributed by atoms with E-state index in [4.69, 9.17) is 0 Å². The summed E-state index contributed by atoms with van der Waals surface area (Å²) in [6.45, 7) is 2.68. The van der Waals surface area contributed by atoms with Crippen LogP contribution in [0, 0.1) is 29.6 Å². The highest BCUT2D eigenvalue weighted by Crippen LogP contribution is 2.52. The quantitative estimate of drug-likeness (QED) is 0.424. The van der Waals surface area contributed by atoms with E-state index in [9.17, 15) is 14.4 Å². The lowest BCUT2D eigenvalue weighted by molar-refractivity contribution is -0.152. The Bertz CT molecular complexity index is 611. The highest BCUT2D eigenvalue weighted by atomic mass is 16.5. The van der Waals surface area contributed by atoms with Crippen molar-refractivity contribution in [3.05, 3.63) is 36.1 Å². The first-order valence-electron chi connectivity index (χ1n) is 7.76. The molecule has 116 valence electrons. The molecule has 0 spiro atoms. The summed E-state index contributed by atoms with van der Waals surface area (Å²) in [5.41, 5.74) is 0. The number of hydrogen-bond donors (Lipinski definition) is 0. The number of ketones is 2. The summed E-state index contributed by atoms with van der Waals surface area (Å²) in [5, 5.41) is 0. The Balaban J connectivity index is 0.000000132. The highest BCUT2D eigenvalue weighted by Gasteiger charge is 2.44. The molecule has 5 unspecified atom stereocenters. The number of cyclic esters (lactones) is 1. The number of esters is 1. The molecule has 1 fully saturated rings. The fourth-order valence-corrected chi connectivity index (χ4v) is 3.99. The van der Waals surface area contributed by atoms with Gasteiger partial charge < -0.3 is 4.74 Å². The van der Waals surface area contributed by atoms with Crippen LogP contribution in [0.1, 0.15) is 26.7 Å². The van der Waals surface area contributed by atoms with Crippen LogP contribution in [0.4, 0.5) is 0 Å². The Kier molecular flexibility index (Phi) is 3.85. The van der Waals surface area contributed by atoms with Crippen LogP contribution in [0.5, 0.6) is 0 Å². The molecule has 0 aromatic carbocycles. The molecular weight excluding hydrogens is 280 g/mol. The molecule has 0 saturated heterocycles. The molecule has 0 aromatic rings. The number of hydrogen-bond acceptors (Lipinski definition) is 4. The SMILES string of the molecule is C1=CC2C3C=CC(C3)C2C1.CC(=O)C1C(=O)C=C(C)OC1=O. The van der Waals surface area contributed by atoms with Gasteiger partial charge in [0, 0.05) is 6.08 Å². The van der Waals surface area contributed by atoms with E-state index in [-0.39, 0.29) is 5.76 Å². The van der Waals surface area contributed by atoms with Gasteiger partial charge >= 0.3 is 5.97 Å². The van der Waals surface area contributed by atoms with Gasteiger partial charge in [-0.1, -0.05) is 24.3 Å². The van der Waals surface area contributed by atoms with Crippen molar-refractivity contribution in [2.24, 2.45) is 29.6 Å². The van der Waals surface area contributed by atoms with Crippen molar-refractivity contribution < 1.29 is 19.1 Å². The van der Waals surface area contributed by atoms with Crippen LogP contribution < -0.4 is 0 Å². The smallest absolute Gasteiger partial charge is 0.329 e. The molecule has 4 aliphatic rings. The second-order valence-electron chi connectivity index (χ2n) is 6.48. The van der Waals surface area contributed by atoms with E-state index in [1.165, 1.54) is 26.7 Å². The van der Waals surface area contributed by atoms with Crippen molar-refractivity contribution in [1.29, 1.82) is 0 Å². The summed E-state index contributed by atoms with van der Waals surface area (Å²) in [6, 6.07) is 0. The predicted octanol–water partition coefficient (Wildman–Crippen LogP) is 2.61. The maximum Gasteiger partial charge on any atom is 0.329 e. The summed E-state index contributed by atoms with van der Waals surface area (Å²) in [5.74, 6) is 1.08. The molecule has 5 atom stereocenters. The second-order valence-corrected chi connectivity index (χ2v) is 6.48. The Hall–Kier alpha value is -1.97. The second kappa shape index (κ2) is 5.67. The average molecular weight is 300 g/mol. The van der Waals surface area contributed by atoms with E-state index in [1.807, 2.05) is 0 Å². The van der Waals surface area contributed by atoms with Crippen LogP contribution >= 0.6 is 0 Å². The number of allylic oxidation sites excluding steroid dienone is 6. The Labute approximate surface area is 129 Å². The Morgan fingerprint density at radius 1 is 1.18 bits per heavy atom. The van der Waals surface area contributed by atoms with Gasteiger partial charge in [-0.25, -0.2) is 0 Å². The molecule has 2 bridgehead atoms. The van der Waals surface area contributed by atoms with Crippen LogP contribution in [0.2, 0.25) is 0 Å². The molecule has 1 heterocycles. The largest absolute Gasteiger partial charge is 0.430 e. The zero-order chi connectivity index (χ0) is 15.9. The van der Waals surface area contributed by atoms with E-state index < -0.39 is 23.5 Å². The van der Waals surface area contributed by atoms with Crippen molar-refractivity contribution in [2.45, 2.75) is 26.7 Å². The number of Topliss-reactive ketones (excluding diaryl/α,β-unsaturated/α-hetero) is 1. The summed E-state index contributed by atoms with van der Waals surface area (Å²) < 4.78 is 4.61. The van der Waals surface area contributed by atoms with Crippen LogP contribution in [0.25, 0.3) is 0 Å². The van der Waals surface area contributed by atoms with E-state index >= 15 is 0 Å². The third-order valence-electron chi connectivity index (χ3n) is 4.99. The van der Waals surface area contributed by atoms with E-state index in [0.29, 0.717) is 0 Å². The van der Waals surface area contributed by atoms with Gasteiger partial charge in [0.2, 0.25) is 0 Å². The molecule has 0 aromatic heterocycles. The average Bonchev–Trinajstić information content (AvgIpc) is 3.12. The molecule has 0 radical (unpaired) electrons. The van der Waals surface area contributed by atoms with Crippen LogP contribution in [-0.4, -0.2) is 17.5 Å². The van der Waals surface area contributed by atoms with Gasteiger partial charge in [-0.3, -0.25) is 14.4 Å². The van der Waals surface area contributed by atoms with Crippen molar-refractivity contribution in [1.82, 2.24) is 0 Å². The van der Waals surface area contributed by atoms with Crippen molar-refractivity contribution in [3.63, 3.8) is 0 Å². The number of ether oxygens (including phenoxy) is 1. The molecule has 4 rings (SSSR count). The monoisotopic (exact) mass is 300 g/mol. The molecule has 1 aliphatic heterocycles.